The highest BCUT2D eigenvalue weighted by molar-refractivity contribution is 7.89. The second kappa shape index (κ2) is 23.1. The highest BCUT2D eigenvalue weighted by Gasteiger charge is 2.26. The van der Waals surface area contributed by atoms with Crippen molar-refractivity contribution in [3.63, 3.8) is 0 Å². The van der Waals surface area contributed by atoms with E-state index >= 15 is 0 Å². The molecule has 18 nitrogen and oxygen atoms in total. The number of carbonyl (C=O) groups excluding carboxylic acids is 1. The molecule has 324 valence electrons. The highest BCUT2D eigenvalue weighted by atomic mass is 32.2. The van der Waals surface area contributed by atoms with Gasteiger partial charge in [-0.15, -0.1) is 0 Å². The average Bonchev–Trinajstić information content (AvgIpc) is 3.92. The van der Waals surface area contributed by atoms with Crippen LogP contribution < -0.4 is 25.8 Å². The minimum atomic E-state index is -4.33. The number of nitrogens with two attached hydrogens (primary N) is 1. The lowest BCUT2D eigenvalue weighted by Gasteiger charge is -2.16. The van der Waals surface area contributed by atoms with Crippen LogP contribution in [0.25, 0.3) is 22.0 Å². The predicted octanol–water partition coefficient (Wildman–Crippen LogP) is 2.23. The van der Waals surface area contributed by atoms with Crippen molar-refractivity contribution in [2.24, 2.45) is 10.7 Å². The minimum absolute atomic E-state index is 0.0595. The number of rotatable bonds is 27. The summed E-state index contributed by atoms with van der Waals surface area (Å²) in [5, 5.41) is 20.5. The number of aromatic nitrogens is 2. The third-order valence-electron chi connectivity index (χ3n) is 9.13. The molecule has 0 spiro atoms. The third-order valence-corrected chi connectivity index (χ3v) is 12.1. The zero-order valence-corrected chi connectivity index (χ0v) is 34.8. The number of aryl methyl sites for hydroxylation is 1. The van der Waals surface area contributed by atoms with Gasteiger partial charge < -0.3 is 35.7 Å². The molecule has 0 saturated carbocycles. The van der Waals surface area contributed by atoms with Crippen molar-refractivity contribution >= 4 is 48.7 Å². The maximum atomic E-state index is 13.2. The SMILES string of the molecule is NCCCOCCOCCOCCCNS(=O)(=O)c1ccc(-c2ccc(S(=O)(=O)NC(CNC(=O)c3ccc4c(cnn4CCCN=C4CC=CN4)c3)C(=O)O)cc2)cc1. The largest absolute Gasteiger partial charge is 0.480 e. The topological polar surface area (TPSA) is 255 Å². The fourth-order valence-corrected chi connectivity index (χ4v) is 8.18. The number of nitrogens with zero attached hydrogens (tertiary/aromatic N) is 3. The number of fused-ring (bicyclic) bond motifs is 1. The number of hydrogen-bond acceptors (Lipinski definition) is 12. The molecule has 1 aliphatic heterocycles. The van der Waals surface area contributed by atoms with Gasteiger partial charge in [-0.1, -0.05) is 30.3 Å². The number of ether oxygens (including phenoxy) is 3. The summed E-state index contributed by atoms with van der Waals surface area (Å²) in [6, 6.07) is 15.1. The smallest absolute Gasteiger partial charge is 0.323 e. The molecule has 1 unspecified atom stereocenters. The number of hydrogen-bond donors (Lipinski definition) is 6. The molecule has 3 aromatic carbocycles. The van der Waals surface area contributed by atoms with E-state index in [0.29, 0.717) is 76.8 Å². The Morgan fingerprint density at radius 3 is 2.10 bits per heavy atom. The van der Waals surface area contributed by atoms with Gasteiger partial charge in [-0.25, -0.2) is 21.6 Å². The van der Waals surface area contributed by atoms with E-state index in [0.717, 1.165) is 36.0 Å². The summed E-state index contributed by atoms with van der Waals surface area (Å²) < 4.78 is 74.8. The van der Waals surface area contributed by atoms with E-state index in [4.69, 9.17) is 19.9 Å². The van der Waals surface area contributed by atoms with Crippen molar-refractivity contribution < 1.29 is 45.7 Å². The predicted molar refractivity (Wildman–Crippen MR) is 225 cm³/mol. The van der Waals surface area contributed by atoms with Crippen LogP contribution in [-0.2, 0) is 45.6 Å². The number of carboxylic acid groups (broad SMARTS) is 1. The van der Waals surface area contributed by atoms with Gasteiger partial charge in [0.05, 0.1) is 47.9 Å². The van der Waals surface area contributed by atoms with E-state index in [1.165, 1.54) is 36.4 Å². The molecule has 5 rings (SSSR count). The van der Waals surface area contributed by atoms with Crippen molar-refractivity contribution in [2.75, 3.05) is 65.8 Å². The lowest BCUT2D eigenvalue weighted by Crippen LogP contribution is -2.48. The monoisotopic (exact) mass is 868 g/mol. The van der Waals surface area contributed by atoms with Crippen molar-refractivity contribution in [1.82, 2.24) is 29.9 Å². The van der Waals surface area contributed by atoms with E-state index in [1.807, 2.05) is 17.0 Å². The van der Waals surface area contributed by atoms with Crippen LogP contribution in [0.1, 0.15) is 36.0 Å². The van der Waals surface area contributed by atoms with Gasteiger partial charge in [-0.2, -0.15) is 9.82 Å². The fraction of sp³-hybridized carbons (Fsp3) is 0.400. The number of nitrogens with one attached hydrogen (secondary N) is 4. The van der Waals surface area contributed by atoms with Gasteiger partial charge in [-0.05, 0) is 85.6 Å². The Hall–Kier alpha value is -5.06. The zero-order valence-electron chi connectivity index (χ0n) is 33.1. The van der Waals surface area contributed by atoms with Crippen LogP contribution in [0.4, 0.5) is 0 Å². The molecule has 7 N–H and O–H groups in total. The molecule has 1 aliphatic rings. The Morgan fingerprint density at radius 1 is 0.850 bits per heavy atom. The van der Waals surface area contributed by atoms with Crippen LogP contribution in [0.15, 0.2) is 100.0 Å². The Balaban J connectivity index is 1.05. The van der Waals surface area contributed by atoms with Crippen molar-refractivity contribution in [3.05, 3.63) is 90.8 Å². The van der Waals surface area contributed by atoms with E-state index < -0.39 is 44.5 Å². The standard InChI is InChI=1S/C40H52N8O10S2/c41-16-2-21-56-23-25-58-26-24-57-22-4-19-46-59(52,53)34-11-6-30(7-12-34)31-8-13-35(14-9-31)60(54,55)47-36(40(50)51)29-44-39(49)32-10-15-37-33(27-32)28-45-48(37)20-3-18-43-38-5-1-17-42-38/h1,6-15,17,27-28,36,46-47H,2-5,16,18-26,29,41H2,(H,42,43)(H,44,49)(H,50,51). The number of amidine groups is 1. The third kappa shape index (κ3) is 14.0. The maximum absolute atomic E-state index is 13.2. The van der Waals surface area contributed by atoms with Gasteiger partial charge >= 0.3 is 5.97 Å². The number of carbonyl (C=O) groups is 2. The molecule has 4 aromatic rings. The van der Waals surface area contributed by atoms with E-state index in [-0.39, 0.29) is 21.9 Å². The molecule has 0 saturated heterocycles. The van der Waals surface area contributed by atoms with Gasteiger partial charge in [0.15, 0.2) is 0 Å². The molecule has 1 amide bonds. The Bertz CT molecular complexity index is 2290. The van der Waals surface area contributed by atoms with E-state index in [1.54, 1.807) is 36.5 Å². The van der Waals surface area contributed by atoms with Gasteiger partial charge in [0.2, 0.25) is 20.0 Å². The maximum Gasteiger partial charge on any atom is 0.323 e. The molecule has 0 aliphatic carbocycles. The first kappa shape index (κ1) is 46.0. The summed E-state index contributed by atoms with van der Waals surface area (Å²) in [7, 11) is -8.11. The molecule has 0 bridgehead atoms. The molecule has 0 radical (unpaired) electrons. The number of carboxylic acids is 1. The molecule has 60 heavy (non-hydrogen) atoms. The molecule has 20 heteroatoms. The molecule has 2 heterocycles. The van der Waals surface area contributed by atoms with Gasteiger partial charge in [-0.3, -0.25) is 19.3 Å². The van der Waals surface area contributed by atoms with Crippen LogP contribution in [0.2, 0.25) is 0 Å². The zero-order chi connectivity index (χ0) is 42.8. The van der Waals surface area contributed by atoms with Crippen LogP contribution >= 0.6 is 0 Å². The Kier molecular flexibility index (Phi) is 17.7. The van der Waals surface area contributed by atoms with Crippen LogP contribution in [0.5, 0.6) is 0 Å². The number of sulfonamides is 2. The molecular weight excluding hydrogens is 817 g/mol. The summed E-state index contributed by atoms with van der Waals surface area (Å²) in [6.45, 7) is 4.21. The highest BCUT2D eigenvalue weighted by Crippen LogP contribution is 2.23. The summed E-state index contributed by atoms with van der Waals surface area (Å²) in [5.74, 6) is -1.13. The number of aliphatic carboxylic acids is 1. The number of amides is 1. The van der Waals surface area contributed by atoms with E-state index in [9.17, 15) is 31.5 Å². The quantitative estimate of drug-likeness (QED) is 0.0471. The summed E-state index contributed by atoms with van der Waals surface area (Å²) >= 11 is 0. The Morgan fingerprint density at radius 2 is 1.48 bits per heavy atom. The van der Waals surface area contributed by atoms with Crippen LogP contribution in [-0.4, -0.2) is 121 Å². The van der Waals surface area contributed by atoms with Crippen LogP contribution in [0.3, 0.4) is 0 Å². The first-order valence-electron chi connectivity index (χ1n) is 19.5. The lowest BCUT2D eigenvalue weighted by atomic mass is 10.1. The molecule has 1 atom stereocenters. The van der Waals surface area contributed by atoms with Crippen molar-refractivity contribution in [3.8, 4) is 11.1 Å². The van der Waals surface area contributed by atoms with Crippen molar-refractivity contribution in [1.29, 1.82) is 0 Å². The van der Waals surface area contributed by atoms with Crippen molar-refractivity contribution in [2.45, 2.75) is 48.1 Å². The number of benzene rings is 3. The Labute approximate surface area is 349 Å². The summed E-state index contributed by atoms with van der Waals surface area (Å²) in [6.07, 6.45) is 8.34. The van der Waals surface area contributed by atoms with E-state index in [2.05, 4.69) is 30.2 Å². The number of aliphatic imine (C=N–C) groups is 1. The molecule has 1 aromatic heterocycles. The van der Waals surface area contributed by atoms with Crippen LogP contribution in [0, 0.1) is 0 Å². The van der Waals surface area contributed by atoms with Gasteiger partial charge in [0.25, 0.3) is 5.91 Å². The fourth-order valence-electron chi connectivity index (χ4n) is 5.91. The first-order valence-corrected chi connectivity index (χ1v) is 22.5. The molecule has 0 fully saturated rings. The second-order valence-electron chi connectivity index (χ2n) is 13.6. The average molecular weight is 869 g/mol. The lowest BCUT2D eigenvalue weighted by molar-refractivity contribution is -0.138. The summed E-state index contributed by atoms with van der Waals surface area (Å²) in [5.41, 5.74) is 7.71. The second-order valence-corrected chi connectivity index (χ2v) is 17.1. The minimum Gasteiger partial charge on any atom is -0.480 e. The molecular formula is C40H52N8O10S2. The first-order chi connectivity index (χ1) is 29.0. The van der Waals surface area contributed by atoms with Gasteiger partial charge in [0, 0.05) is 56.8 Å². The normalized spacial score (nSPS) is 14.1. The van der Waals surface area contributed by atoms with Gasteiger partial charge in [0.1, 0.15) is 11.9 Å². The summed E-state index contributed by atoms with van der Waals surface area (Å²) in [4.78, 5) is 29.4.